The summed E-state index contributed by atoms with van der Waals surface area (Å²) in [6.45, 7) is 0.243. The van der Waals surface area contributed by atoms with Crippen LogP contribution in [0, 0.1) is 3.57 Å². The molecule has 0 aliphatic carbocycles. The fourth-order valence-electron chi connectivity index (χ4n) is 2.12. The lowest BCUT2D eigenvalue weighted by Crippen LogP contribution is -2.22. The van der Waals surface area contributed by atoms with Gasteiger partial charge in [-0.15, -0.1) is 0 Å². The maximum atomic E-state index is 13.0. The first kappa shape index (κ1) is 21.3. The molecule has 146 valence electrons. The highest BCUT2D eigenvalue weighted by Crippen LogP contribution is 2.35. The van der Waals surface area contributed by atoms with Gasteiger partial charge in [-0.1, -0.05) is 0 Å². The maximum absolute atomic E-state index is 13.0. The molecule has 0 saturated carbocycles. The monoisotopic (exact) mass is 494 g/mol. The lowest BCUT2D eigenvalue weighted by Gasteiger charge is -2.16. The van der Waals surface area contributed by atoms with Crippen LogP contribution < -0.4 is 15.4 Å². The number of amides is 1. The van der Waals surface area contributed by atoms with Crippen LogP contribution in [0.15, 0.2) is 42.5 Å². The topological polar surface area (TPSA) is 59.6 Å². The van der Waals surface area contributed by atoms with Crippen LogP contribution in [0.25, 0.3) is 0 Å². The Labute approximate surface area is 168 Å². The van der Waals surface area contributed by atoms with E-state index in [1.807, 2.05) is 12.1 Å². The maximum Gasteiger partial charge on any atom is 0.416 e. The van der Waals surface area contributed by atoms with Gasteiger partial charge in [-0.2, -0.15) is 13.2 Å². The number of carbonyl (C=O) groups excluding carboxylic acids is 1. The number of hydrogen-bond donors (Lipinski definition) is 2. The molecule has 2 aromatic carbocycles. The third kappa shape index (κ3) is 6.90. The zero-order valence-electron chi connectivity index (χ0n) is 14.4. The molecule has 2 rings (SSSR count). The lowest BCUT2D eigenvalue weighted by molar-refractivity contribution is -0.137. The van der Waals surface area contributed by atoms with Crippen molar-refractivity contribution in [2.24, 2.45) is 0 Å². The van der Waals surface area contributed by atoms with E-state index >= 15 is 0 Å². The van der Waals surface area contributed by atoms with Gasteiger partial charge in [0.1, 0.15) is 12.4 Å². The van der Waals surface area contributed by atoms with Crippen molar-refractivity contribution < 1.29 is 27.4 Å². The summed E-state index contributed by atoms with van der Waals surface area (Å²) in [6.07, 6.45) is -4.50. The van der Waals surface area contributed by atoms with Crippen molar-refractivity contribution in [2.75, 3.05) is 37.5 Å². The Morgan fingerprint density at radius 1 is 1.11 bits per heavy atom. The van der Waals surface area contributed by atoms with E-state index in [9.17, 15) is 18.0 Å². The number of methoxy groups -OCH3 is 1. The minimum Gasteiger partial charge on any atom is -0.489 e. The second kappa shape index (κ2) is 9.79. The van der Waals surface area contributed by atoms with Crippen molar-refractivity contribution in [3.63, 3.8) is 0 Å². The molecular formula is C18H18F3IN2O3. The predicted octanol–water partition coefficient (Wildman–Crippen LogP) is 4.39. The average molecular weight is 494 g/mol. The molecule has 0 aliphatic rings. The zero-order chi connectivity index (χ0) is 19.9. The fourth-order valence-corrected chi connectivity index (χ4v) is 2.48. The Balaban J connectivity index is 2.06. The summed E-state index contributed by atoms with van der Waals surface area (Å²) >= 11 is 2.14. The Morgan fingerprint density at radius 3 is 2.44 bits per heavy atom. The molecule has 0 fully saturated rings. The van der Waals surface area contributed by atoms with Crippen molar-refractivity contribution in [1.29, 1.82) is 0 Å². The van der Waals surface area contributed by atoms with Gasteiger partial charge in [-0.05, 0) is 65.1 Å². The largest absolute Gasteiger partial charge is 0.489 e. The normalized spacial score (nSPS) is 11.1. The van der Waals surface area contributed by atoms with Crippen LogP contribution >= 0.6 is 22.6 Å². The van der Waals surface area contributed by atoms with E-state index in [4.69, 9.17) is 9.47 Å². The number of nitrogens with one attached hydrogen (secondary N) is 2. The fraction of sp³-hybridized carbons (Fsp3) is 0.278. The van der Waals surface area contributed by atoms with Crippen molar-refractivity contribution in [3.8, 4) is 5.75 Å². The van der Waals surface area contributed by atoms with Crippen LogP contribution in [0.1, 0.15) is 5.56 Å². The van der Waals surface area contributed by atoms with Crippen LogP contribution in [0.5, 0.6) is 5.75 Å². The summed E-state index contributed by atoms with van der Waals surface area (Å²) in [5.74, 6) is -0.182. The number of benzene rings is 2. The number of alkyl halides is 3. The summed E-state index contributed by atoms with van der Waals surface area (Å²) in [6, 6.07) is 10.2. The molecule has 0 unspecified atom stereocenters. The molecule has 1 amide bonds. The van der Waals surface area contributed by atoms with E-state index in [2.05, 4.69) is 33.2 Å². The van der Waals surface area contributed by atoms with Gasteiger partial charge in [0.2, 0.25) is 5.91 Å². The molecule has 0 bridgehead atoms. The van der Waals surface area contributed by atoms with E-state index in [0.717, 1.165) is 15.7 Å². The first-order valence-corrected chi connectivity index (χ1v) is 9.00. The third-order valence-electron chi connectivity index (χ3n) is 3.42. The van der Waals surface area contributed by atoms with Crippen molar-refractivity contribution in [1.82, 2.24) is 0 Å². The molecular weight excluding hydrogens is 476 g/mol. The van der Waals surface area contributed by atoms with Gasteiger partial charge >= 0.3 is 6.18 Å². The second-order valence-electron chi connectivity index (χ2n) is 5.46. The van der Waals surface area contributed by atoms with Gasteiger partial charge in [0, 0.05) is 16.4 Å². The van der Waals surface area contributed by atoms with Crippen molar-refractivity contribution in [3.05, 3.63) is 51.6 Å². The SMILES string of the molecule is COCCOc1ccc(C(F)(F)F)cc1NCC(=O)Nc1ccc(I)cc1. The molecule has 0 aliphatic heterocycles. The quantitative estimate of drug-likeness (QED) is 0.423. The van der Waals surface area contributed by atoms with Gasteiger partial charge < -0.3 is 20.1 Å². The molecule has 0 atom stereocenters. The second-order valence-corrected chi connectivity index (χ2v) is 6.70. The minimum atomic E-state index is -4.50. The molecule has 0 saturated heterocycles. The van der Waals surface area contributed by atoms with Crippen molar-refractivity contribution >= 4 is 39.9 Å². The number of carbonyl (C=O) groups is 1. The van der Waals surface area contributed by atoms with Gasteiger partial charge in [0.05, 0.1) is 24.4 Å². The Bertz CT molecular complexity index is 767. The summed E-state index contributed by atoms with van der Waals surface area (Å²) in [4.78, 5) is 12.1. The number of hydrogen-bond acceptors (Lipinski definition) is 4. The first-order valence-electron chi connectivity index (χ1n) is 7.92. The van der Waals surface area contributed by atoms with E-state index in [-0.39, 0.29) is 31.2 Å². The molecule has 0 aromatic heterocycles. The summed E-state index contributed by atoms with van der Waals surface area (Å²) in [7, 11) is 1.49. The van der Waals surface area contributed by atoms with E-state index in [1.165, 1.54) is 13.2 Å². The number of anilines is 2. The molecule has 0 heterocycles. The molecule has 5 nitrogen and oxygen atoms in total. The van der Waals surface area contributed by atoms with Gasteiger partial charge in [-0.3, -0.25) is 4.79 Å². The Hall–Kier alpha value is -2.01. The van der Waals surface area contributed by atoms with E-state index in [0.29, 0.717) is 5.69 Å². The first-order chi connectivity index (χ1) is 12.8. The van der Waals surface area contributed by atoms with Crippen LogP contribution in [0.4, 0.5) is 24.5 Å². The van der Waals surface area contributed by atoms with Crippen LogP contribution in [0.3, 0.4) is 0 Å². The third-order valence-corrected chi connectivity index (χ3v) is 4.14. The molecule has 9 heteroatoms. The lowest BCUT2D eigenvalue weighted by atomic mass is 10.1. The Kier molecular flexibility index (Phi) is 7.72. The average Bonchev–Trinajstić information content (AvgIpc) is 2.62. The summed E-state index contributed by atoms with van der Waals surface area (Å²) in [5, 5.41) is 5.37. The highest BCUT2D eigenvalue weighted by molar-refractivity contribution is 14.1. The highest BCUT2D eigenvalue weighted by Gasteiger charge is 2.31. The molecule has 0 spiro atoms. The standard InChI is InChI=1S/C18H18F3IN2O3/c1-26-8-9-27-16-7-2-12(18(19,20)21)10-15(16)23-11-17(25)24-14-5-3-13(22)4-6-14/h2-7,10,23H,8-9,11H2,1H3,(H,24,25). The van der Waals surface area contributed by atoms with Gasteiger partial charge in [0.25, 0.3) is 0 Å². The van der Waals surface area contributed by atoms with Crippen molar-refractivity contribution in [2.45, 2.75) is 6.18 Å². The van der Waals surface area contributed by atoms with Gasteiger partial charge in [0.15, 0.2) is 0 Å². The minimum absolute atomic E-state index is 0.0821. The zero-order valence-corrected chi connectivity index (χ0v) is 16.6. The highest BCUT2D eigenvalue weighted by atomic mass is 127. The predicted molar refractivity (Wildman–Crippen MR) is 105 cm³/mol. The number of ether oxygens (including phenoxy) is 2. The molecule has 2 aromatic rings. The Morgan fingerprint density at radius 2 is 1.81 bits per heavy atom. The van der Waals surface area contributed by atoms with E-state index < -0.39 is 17.6 Å². The molecule has 27 heavy (non-hydrogen) atoms. The summed E-state index contributed by atoms with van der Waals surface area (Å²) in [5.41, 5.74) is -0.149. The van der Waals surface area contributed by atoms with Crippen LogP contribution in [-0.4, -0.2) is 32.8 Å². The molecule has 0 radical (unpaired) electrons. The van der Waals surface area contributed by atoms with Crippen LogP contribution in [-0.2, 0) is 15.7 Å². The molecule has 2 N–H and O–H groups in total. The number of halogens is 4. The summed E-state index contributed by atoms with van der Waals surface area (Å²) < 4.78 is 50.2. The number of rotatable bonds is 8. The van der Waals surface area contributed by atoms with E-state index in [1.54, 1.807) is 12.1 Å². The van der Waals surface area contributed by atoms with Crippen LogP contribution in [0.2, 0.25) is 0 Å². The smallest absolute Gasteiger partial charge is 0.416 e. The van der Waals surface area contributed by atoms with Gasteiger partial charge in [-0.25, -0.2) is 0 Å².